The van der Waals surface area contributed by atoms with E-state index in [1.807, 2.05) is 6.92 Å². The summed E-state index contributed by atoms with van der Waals surface area (Å²) in [5.41, 5.74) is 6.24. The minimum absolute atomic E-state index is 0.171. The molecule has 3 N–H and O–H groups in total. The lowest BCUT2D eigenvalue weighted by molar-refractivity contribution is -0.113. The maximum Gasteiger partial charge on any atom is 0.234 e. The van der Waals surface area contributed by atoms with Crippen LogP contribution >= 0.6 is 23.1 Å². The summed E-state index contributed by atoms with van der Waals surface area (Å²) in [6.45, 7) is 1.84. The average Bonchev–Trinajstić information content (AvgIpc) is 2.77. The molecule has 5 nitrogen and oxygen atoms in total. The summed E-state index contributed by atoms with van der Waals surface area (Å²) in [6, 6.07) is 3.84. The van der Waals surface area contributed by atoms with Crippen molar-refractivity contribution in [1.29, 1.82) is 0 Å². The molecule has 0 fully saturated rings. The second-order valence-electron chi connectivity index (χ2n) is 3.66. The van der Waals surface area contributed by atoms with Gasteiger partial charge in [-0.05, 0) is 25.1 Å². The second kappa shape index (κ2) is 5.98. The van der Waals surface area contributed by atoms with Gasteiger partial charge in [-0.2, -0.15) is 0 Å². The van der Waals surface area contributed by atoms with Gasteiger partial charge in [-0.3, -0.25) is 4.79 Å². The zero-order valence-corrected chi connectivity index (χ0v) is 11.6. The Morgan fingerprint density at radius 2 is 2.32 bits per heavy atom. The van der Waals surface area contributed by atoms with Crippen molar-refractivity contribution in [2.75, 3.05) is 16.8 Å². The Morgan fingerprint density at radius 1 is 1.53 bits per heavy atom. The molecule has 19 heavy (non-hydrogen) atoms. The molecule has 0 unspecified atom stereocenters. The molecule has 1 aromatic carbocycles. The summed E-state index contributed by atoms with van der Waals surface area (Å²) in [4.78, 5) is 11.7. The molecule has 8 heteroatoms. The number of benzene rings is 1. The van der Waals surface area contributed by atoms with E-state index in [1.54, 1.807) is 0 Å². The number of thioether (sulfide) groups is 1. The first-order chi connectivity index (χ1) is 9.04. The Kier molecular flexibility index (Phi) is 4.33. The van der Waals surface area contributed by atoms with E-state index in [9.17, 15) is 9.18 Å². The van der Waals surface area contributed by atoms with Crippen molar-refractivity contribution in [2.24, 2.45) is 0 Å². The molecule has 0 radical (unpaired) electrons. The van der Waals surface area contributed by atoms with E-state index in [1.165, 1.54) is 41.3 Å². The van der Waals surface area contributed by atoms with Crippen molar-refractivity contribution >= 4 is 40.4 Å². The van der Waals surface area contributed by atoms with E-state index in [2.05, 4.69) is 15.5 Å². The van der Waals surface area contributed by atoms with Crippen LogP contribution < -0.4 is 11.1 Å². The van der Waals surface area contributed by atoms with Gasteiger partial charge < -0.3 is 11.1 Å². The molecule has 1 heterocycles. The monoisotopic (exact) mass is 298 g/mol. The molecular formula is C11H11FN4OS2. The van der Waals surface area contributed by atoms with E-state index < -0.39 is 5.82 Å². The molecule has 1 aromatic heterocycles. The Balaban J connectivity index is 1.92. The van der Waals surface area contributed by atoms with Crippen molar-refractivity contribution in [3.8, 4) is 0 Å². The predicted molar refractivity (Wildman–Crippen MR) is 74.8 cm³/mol. The maximum absolute atomic E-state index is 13.0. The first-order valence-corrected chi connectivity index (χ1v) is 7.12. The summed E-state index contributed by atoms with van der Waals surface area (Å²) in [7, 11) is 0. The highest BCUT2D eigenvalue weighted by atomic mass is 32.2. The Hall–Kier alpha value is -1.67. The fourth-order valence-electron chi connectivity index (χ4n) is 1.29. The van der Waals surface area contributed by atoms with E-state index in [-0.39, 0.29) is 17.3 Å². The molecule has 0 aliphatic rings. The van der Waals surface area contributed by atoms with Gasteiger partial charge in [-0.15, -0.1) is 10.2 Å². The fraction of sp³-hybridized carbons (Fsp3) is 0.182. The van der Waals surface area contributed by atoms with E-state index in [0.29, 0.717) is 5.69 Å². The summed E-state index contributed by atoms with van der Waals surface area (Å²) >= 11 is 2.69. The van der Waals surface area contributed by atoms with Crippen LogP contribution in [0.25, 0.3) is 0 Å². The van der Waals surface area contributed by atoms with Gasteiger partial charge in [-0.25, -0.2) is 4.39 Å². The Bertz CT molecular complexity index is 602. The van der Waals surface area contributed by atoms with Crippen LogP contribution in [0.15, 0.2) is 22.5 Å². The third kappa shape index (κ3) is 3.90. The maximum atomic E-state index is 13.0. The van der Waals surface area contributed by atoms with Gasteiger partial charge in [-0.1, -0.05) is 23.1 Å². The van der Waals surface area contributed by atoms with Crippen LogP contribution in [-0.4, -0.2) is 21.9 Å². The topological polar surface area (TPSA) is 80.9 Å². The third-order valence-electron chi connectivity index (χ3n) is 2.12. The number of amides is 1. The van der Waals surface area contributed by atoms with Crippen LogP contribution in [0.1, 0.15) is 5.01 Å². The number of nitrogen functional groups attached to an aromatic ring is 1. The molecule has 2 rings (SSSR count). The van der Waals surface area contributed by atoms with E-state index in [4.69, 9.17) is 5.73 Å². The number of carbonyl (C=O) groups excluding carboxylic acids is 1. The first kappa shape index (κ1) is 13.8. The van der Waals surface area contributed by atoms with Gasteiger partial charge >= 0.3 is 0 Å². The number of nitrogens with two attached hydrogens (primary N) is 1. The molecule has 0 aliphatic carbocycles. The second-order valence-corrected chi connectivity index (χ2v) is 6.06. The van der Waals surface area contributed by atoms with Crippen molar-refractivity contribution in [2.45, 2.75) is 11.3 Å². The van der Waals surface area contributed by atoms with Crippen LogP contribution in [0.2, 0.25) is 0 Å². The fourth-order valence-corrected chi connectivity index (χ4v) is 2.90. The van der Waals surface area contributed by atoms with E-state index in [0.717, 1.165) is 9.35 Å². The Morgan fingerprint density at radius 3 is 3.00 bits per heavy atom. The first-order valence-electron chi connectivity index (χ1n) is 5.32. The largest absolute Gasteiger partial charge is 0.397 e. The van der Waals surface area contributed by atoms with Gasteiger partial charge in [0.05, 0.1) is 17.1 Å². The van der Waals surface area contributed by atoms with Gasteiger partial charge in [0.1, 0.15) is 10.8 Å². The molecule has 0 saturated carbocycles. The highest BCUT2D eigenvalue weighted by Gasteiger charge is 2.09. The summed E-state index contributed by atoms with van der Waals surface area (Å²) in [5, 5.41) is 11.1. The van der Waals surface area contributed by atoms with Crippen molar-refractivity contribution < 1.29 is 9.18 Å². The SMILES string of the molecule is Cc1nnc(SCC(=O)Nc2cc(F)ccc2N)s1. The van der Waals surface area contributed by atoms with Gasteiger partial charge in [0, 0.05) is 0 Å². The van der Waals surface area contributed by atoms with Crippen LogP contribution in [0.4, 0.5) is 15.8 Å². The van der Waals surface area contributed by atoms with Gasteiger partial charge in [0.15, 0.2) is 4.34 Å². The molecular weight excluding hydrogens is 287 g/mol. The lowest BCUT2D eigenvalue weighted by Crippen LogP contribution is -2.15. The number of carbonyl (C=O) groups is 1. The smallest absolute Gasteiger partial charge is 0.234 e. The summed E-state index contributed by atoms with van der Waals surface area (Å²) in [6.07, 6.45) is 0. The molecule has 0 spiro atoms. The number of hydrogen-bond donors (Lipinski definition) is 2. The number of aromatic nitrogens is 2. The molecule has 2 aromatic rings. The number of hydrogen-bond acceptors (Lipinski definition) is 6. The highest BCUT2D eigenvalue weighted by molar-refractivity contribution is 8.01. The van der Waals surface area contributed by atoms with Crippen LogP contribution in [-0.2, 0) is 4.79 Å². The minimum Gasteiger partial charge on any atom is -0.397 e. The van der Waals surface area contributed by atoms with Crippen LogP contribution in [0, 0.1) is 12.7 Å². The molecule has 0 saturated heterocycles. The van der Waals surface area contributed by atoms with Gasteiger partial charge in [0.2, 0.25) is 5.91 Å². The third-order valence-corrected chi connectivity index (χ3v) is 4.10. The zero-order chi connectivity index (χ0) is 13.8. The molecule has 1 amide bonds. The van der Waals surface area contributed by atoms with Gasteiger partial charge in [0.25, 0.3) is 0 Å². The quantitative estimate of drug-likeness (QED) is 0.668. The lowest BCUT2D eigenvalue weighted by Gasteiger charge is -2.07. The highest BCUT2D eigenvalue weighted by Crippen LogP contribution is 2.23. The van der Waals surface area contributed by atoms with Crippen molar-refractivity contribution in [3.05, 3.63) is 29.0 Å². The normalized spacial score (nSPS) is 10.4. The lowest BCUT2D eigenvalue weighted by atomic mass is 10.2. The number of rotatable bonds is 4. The number of nitrogens with one attached hydrogen (secondary N) is 1. The molecule has 0 atom stereocenters. The number of aryl methyl sites for hydroxylation is 1. The molecule has 0 aliphatic heterocycles. The Labute approximate surface area is 117 Å². The number of nitrogens with zero attached hydrogens (tertiary/aromatic N) is 2. The average molecular weight is 298 g/mol. The van der Waals surface area contributed by atoms with Crippen LogP contribution in [0.5, 0.6) is 0 Å². The molecule has 100 valence electrons. The van der Waals surface area contributed by atoms with Crippen LogP contribution in [0.3, 0.4) is 0 Å². The minimum atomic E-state index is -0.447. The number of halogens is 1. The standard InChI is InChI=1S/C11H11FN4OS2/c1-6-15-16-11(19-6)18-5-10(17)14-9-4-7(12)2-3-8(9)13/h2-4H,5,13H2,1H3,(H,14,17). The van der Waals surface area contributed by atoms with E-state index >= 15 is 0 Å². The van der Waals surface area contributed by atoms with Crippen molar-refractivity contribution in [3.63, 3.8) is 0 Å². The summed E-state index contributed by atoms with van der Waals surface area (Å²) < 4.78 is 13.7. The molecule has 0 bridgehead atoms. The summed E-state index contributed by atoms with van der Waals surface area (Å²) in [5.74, 6) is -0.544. The predicted octanol–water partition coefficient (Wildman–Crippen LogP) is 2.30. The zero-order valence-electron chi connectivity index (χ0n) is 10.0. The van der Waals surface area contributed by atoms with Crippen molar-refractivity contribution in [1.82, 2.24) is 10.2 Å². The number of anilines is 2.